The zero-order chi connectivity index (χ0) is 10.6. The molecule has 0 aromatic carbocycles. The highest BCUT2D eigenvalue weighted by Crippen LogP contribution is 2.12. The molecule has 0 saturated heterocycles. The molecule has 0 aliphatic carbocycles. The highest BCUT2D eigenvalue weighted by Gasteiger charge is 1.91. The van der Waals surface area contributed by atoms with E-state index in [9.17, 15) is 0 Å². The van der Waals surface area contributed by atoms with E-state index in [0.29, 0.717) is 0 Å². The molecular weight excluding hydrogens is 194 g/mol. The lowest BCUT2D eigenvalue weighted by molar-refractivity contribution is 0.414. The third-order valence-corrected chi connectivity index (χ3v) is 3.06. The maximum atomic E-state index is 4.59. The third kappa shape index (κ3) is 3.00. The van der Waals surface area contributed by atoms with Gasteiger partial charge in [0, 0.05) is 10.4 Å². The van der Waals surface area contributed by atoms with Crippen molar-refractivity contribution in [3.63, 3.8) is 0 Å². The summed E-state index contributed by atoms with van der Waals surface area (Å²) in [5.41, 5.74) is 3.49. The van der Waals surface area contributed by atoms with Crippen molar-refractivity contribution in [2.24, 2.45) is 0 Å². The molecule has 2 aromatic rings. The second-order valence-corrected chi connectivity index (χ2v) is 4.36. The van der Waals surface area contributed by atoms with Crippen molar-refractivity contribution in [1.29, 1.82) is 0 Å². The fraction of sp³-hybridized carbons (Fsp3) is 0.364. The van der Waals surface area contributed by atoms with Gasteiger partial charge in [0.1, 0.15) is 6.26 Å². The number of aromatic nitrogens is 1. The lowest BCUT2D eigenvalue weighted by atomic mass is 10.3. The van der Waals surface area contributed by atoms with Gasteiger partial charge in [-0.2, -0.15) is 0 Å². The van der Waals surface area contributed by atoms with Gasteiger partial charge >= 0.3 is 0 Å². The Bertz CT molecular complexity index is 318. The molecule has 0 aliphatic rings. The van der Waals surface area contributed by atoms with E-state index in [4.69, 9.17) is 0 Å². The van der Waals surface area contributed by atoms with Crippen LogP contribution >= 0.6 is 11.3 Å². The number of hydrogen-bond donors (Lipinski definition) is 0. The van der Waals surface area contributed by atoms with E-state index in [-0.39, 0.29) is 0 Å². The third-order valence-electron chi connectivity index (χ3n) is 2.11. The van der Waals surface area contributed by atoms with Crippen molar-refractivity contribution in [2.75, 3.05) is 0 Å². The van der Waals surface area contributed by atoms with Gasteiger partial charge in [0.25, 0.3) is 0 Å². The average molecular weight is 209 g/mol. The van der Waals surface area contributed by atoms with E-state index < -0.39 is 0 Å². The van der Waals surface area contributed by atoms with Crippen molar-refractivity contribution in [3.05, 3.63) is 39.4 Å². The Kier molecular flexibility index (Phi) is 3.89. The Morgan fingerprint density at radius 2 is 1.86 bits per heavy atom. The summed E-state index contributed by atoms with van der Waals surface area (Å²) in [6.45, 7) is 8.15. The Hall–Kier alpha value is -1.09. The van der Waals surface area contributed by atoms with E-state index >= 15 is 0 Å². The van der Waals surface area contributed by atoms with Gasteiger partial charge in [-0.05, 0) is 44.7 Å². The normalized spacial score (nSPS) is 9.43. The van der Waals surface area contributed by atoms with Gasteiger partial charge in [-0.1, -0.05) is 5.16 Å². The molecule has 0 radical (unpaired) electrons. The molecule has 0 amide bonds. The first-order valence-corrected chi connectivity index (χ1v) is 5.37. The van der Waals surface area contributed by atoms with Gasteiger partial charge in [-0.25, -0.2) is 0 Å². The number of nitrogens with zero attached hydrogens (tertiary/aromatic N) is 1. The monoisotopic (exact) mass is 209 g/mol. The summed E-state index contributed by atoms with van der Waals surface area (Å²) in [4.78, 5) is 1.43. The van der Waals surface area contributed by atoms with Gasteiger partial charge in [0.2, 0.25) is 0 Å². The molecule has 0 aliphatic heterocycles. The molecule has 0 spiro atoms. The van der Waals surface area contributed by atoms with Gasteiger partial charge in [0.05, 0.1) is 5.69 Å². The van der Waals surface area contributed by atoms with Gasteiger partial charge < -0.3 is 4.52 Å². The lowest BCUT2D eigenvalue weighted by Gasteiger charge is -1.79. The summed E-state index contributed by atoms with van der Waals surface area (Å²) < 4.78 is 4.59. The first-order valence-electron chi connectivity index (χ1n) is 4.49. The van der Waals surface area contributed by atoms with E-state index in [1.54, 1.807) is 17.6 Å². The topological polar surface area (TPSA) is 26.0 Å². The second kappa shape index (κ2) is 4.96. The van der Waals surface area contributed by atoms with Crippen molar-refractivity contribution >= 4 is 11.3 Å². The van der Waals surface area contributed by atoms with Crippen LogP contribution < -0.4 is 0 Å². The predicted molar refractivity (Wildman–Crippen MR) is 59.8 cm³/mol. The average Bonchev–Trinajstić information content (AvgIpc) is 2.67. The van der Waals surface area contributed by atoms with Crippen LogP contribution in [0.15, 0.2) is 22.2 Å². The first-order chi connectivity index (χ1) is 6.61. The van der Waals surface area contributed by atoms with Crippen molar-refractivity contribution in [1.82, 2.24) is 5.16 Å². The molecule has 0 fully saturated rings. The Balaban J connectivity index is 0.000000140. The van der Waals surface area contributed by atoms with E-state index in [0.717, 1.165) is 11.3 Å². The zero-order valence-corrected chi connectivity index (χ0v) is 9.81. The fourth-order valence-electron chi connectivity index (χ4n) is 0.790. The molecule has 2 nitrogen and oxygen atoms in total. The second-order valence-electron chi connectivity index (χ2n) is 3.24. The molecule has 2 rings (SSSR count). The van der Waals surface area contributed by atoms with E-state index in [1.807, 2.05) is 13.8 Å². The molecule has 0 saturated carbocycles. The van der Waals surface area contributed by atoms with Crippen LogP contribution in [0.5, 0.6) is 0 Å². The van der Waals surface area contributed by atoms with Crippen LogP contribution in [-0.2, 0) is 0 Å². The maximum Gasteiger partial charge on any atom is 0.126 e. The standard InChI is InChI=1S/C6H8S.C5H7NO/c1-5-3-4-7-6(5)2;1-4-3-7-6-5(4)2/h3-4H,1-2H3;3H,1-2H3. The van der Waals surface area contributed by atoms with Crippen LogP contribution in [0.25, 0.3) is 0 Å². The van der Waals surface area contributed by atoms with Crippen molar-refractivity contribution in [2.45, 2.75) is 27.7 Å². The van der Waals surface area contributed by atoms with E-state index in [1.165, 1.54) is 10.4 Å². The van der Waals surface area contributed by atoms with Gasteiger partial charge in [-0.15, -0.1) is 11.3 Å². The lowest BCUT2D eigenvalue weighted by Crippen LogP contribution is -1.69. The highest BCUT2D eigenvalue weighted by molar-refractivity contribution is 7.10. The number of thiophene rings is 1. The SMILES string of the molecule is Cc1ccsc1C.Cc1conc1C. The van der Waals surface area contributed by atoms with Gasteiger partial charge in [0.15, 0.2) is 0 Å². The maximum absolute atomic E-state index is 4.59. The summed E-state index contributed by atoms with van der Waals surface area (Å²) in [7, 11) is 0. The first kappa shape index (κ1) is 11.0. The largest absolute Gasteiger partial charge is 0.364 e. The molecule has 76 valence electrons. The summed E-state index contributed by atoms with van der Waals surface area (Å²) in [5, 5.41) is 5.76. The van der Waals surface area contributed by atoms with Crippen LogP contribution in [0.3, 0.4) is 0 Å². The molecule has 2 aromatic heterocycles. The van der Waals surface area contributed by atoms with Crippen molar-refractivity contribution < 1.29 is 4.52 Å². The zero-order valence-electron chi connectivity index (χ0n) is 9.00. The fourth-order valence-corrected chi connectivity index (χ4v) is 1.52. The Labute approximate surface area is 88.6 Å². The molecule has 0 bridgehead atoms. The smallest absolute Gasteiger partial charge is 0.126 e. The predicted octanol–water partition coefficient (Wildman–Crippen LogP) is 3.66. The summed E-state index contributed by atoms with van der Waals surface area (Å²) in [6, 6.07) is 2.14. The van der Waals surface area contributed by atoms with Crippen LogP contribution in [0, 0.1) is 27.7 Å². The Morgan fingerprint density at radius 3 is 2.00 bits per heavy atom. The number of aryl methyl sites for hydroxylation is 4. The molecule has 14 heavy (non-hydrogen) atoms. The minimum atomic E-state index is 0.972. The number of hydrogen-bond acceptors (Lipinski definition) is 3. The van der Waals surface area contributed by atoms with E-state index in [2.05, 4.69) is 35.0 Å². The van der Waals surface area contributed by atoms with Crippen molar-refractivity contribution in [3.8, 4) is 0 Å². The van der Waals surface area contributed by atoms with Crippen LogP contribution in [0.1, 0.15) is 21.7 Å². The minimum Gasteiger partial charge on any atom is -0.364 e. The van der Waals surface area contributed by atoms with Gasteiger partial charge in [-0.3, -0.25) is 0 Å². The van der Waals surface area contributed by atoms with Crippen LogP contribution in [0.2, 0.25) is 0 Å². The molecule has 2 heterocycles. The summed E-state index contributed by atoms with van der Waals surface area (Å²) in [6.07, 6.45) is 1.63. The summed E-state index contributed by atoms with van der Waals surface area (Å²) in [5.74, 6) is 0. The molecule has 0 unspecified atom stereocenters. The van der Waals surface area contributed by atoms with Crippen LogP contribution in [0.4, 0.5) is 0 Å². The quantitative estimate of drug-likeness (QED) is 0.662. The summed E-state index contributed by atoms with van der Waals surface area (Å²) >= 11 is 1.80. The molecular formula is C11H15NOS. The number of rotatable bonds is 0. The molecule has 3 heteroatoms. The van der Waals surface area contributed by atoms with Crippen LogP contribution in [-0.4, -0.2) is 5.16 Å². The minimum absolute atomic E-state index is 0.972. The Morgan fingerprint density at radius 1 is 1.14 bits per heavy atom. The molecule has 0 N–H and O–H groups in total. The highest BCUT2D eigenvalue weighted by atomic mass is 32.1. The molecule has 0 atom stereocenters.